The van der Waals surface area contributed by atoms with E-state index in [2.05, 4.69) is 6.92 Å². The van der Waals surface area contributed by atoms with Crippen LogP contribution in [0.1, 0.15) is 47.0 Å². The summed E-state index contributed by atoms with van der Waals surface area (Å²) in [6.45, 7) is 8.18. The van der Waals surface area contributed by atoms with E-state index in [4.69, 9.17) is 4.74 Å². The van der Waals surface area contributed by atoms with E-state index >= 15 is 0 Å². The van der Waals surface area contributed by atoms with Gasteiger partial charge in [0.15, 0.2) is 0 Å². The molecule has 0 saturated heterocycles. The van der Waals surface area contributed by atoms with Gasteiger partial charge in [0.05, 0.1) is 5.60 Å². The van der Waals surface area contributed by atoms with Crippen LogP contribution >= 0.6 is 0 Å². The maximum atomic E-state index is 11.7. The third-order valence-corrected chi connectivity index (χ3v) is 3.88. The highest BCUT2D eigenvalue weighted by molar-refractivity contribution is 5.03. The molecule has 0 aliphatic heterocycles. The summed E-state index contributed by atoms with van der Waals surface area (Å²) in [5.74, 6) is 0. The number of rotatable bonds is 6. The summed E-state index contributed by atoms with van der Waals surface area (Å²) in [5, 5.41) is 12.8. The molecular formula is C11H24NO2-. The third-order valence-electron chi connectivity index (χ3n) is 3.88. The lowest BCUT2D eigenvalue weighted by atomic mass is 9.74. The van der Waals surface area contributed by atoms with Gasteiger partial charge in [0.1, 0.15) is 0 Å². The van der Waals surface area contributed by atoms with Crippen molar-refractivity contribution in [1.82, 2.24) is 5.06 Å². The van der Waals surface area contributed by atoms with Gasteiger partial charge in [-0.1, -0.05) is 20.8 Å². The molecule has 0 fully saturated rings. The average molecular weight is 202 g/mol. The van der Waals surface area contributed by atoms with Crippen LogP contribution in [-0.2, 0) is 4.74 Å². The SMILES string of the molecule is CCC(C)(OC)C(CC)(CC)N(C)[O-]. The molecule has 0 rings (SSSR count). The zero-order valence-corrected chi connectivity index (χ0v) is 10.4. The molecule has 1 atom stereocenters. The first-order valence-electron chi connectivity index (χ1n) is 5.40. The Kier molecular flexibility index (Phi) is 5.06. The molecule has 0 radical (unpaired) electrons. The van der Waals surface area contributed by atoms with E-state index in [1.807, 2.05) is 20.8 Å². The normalized spacial score (nSPS) is 17.1. The van der Waals surface area contributed by atoms with E-state index in [1.165, 1.54) is 0 Å². The summed E-state index contributed by atoms with van der Waals surface area (Å²) >= 11 is 0. The number of hydrogen-bond donors (Lipinski definition) is 0. The Morgan fingerprint density at radius 1 is 1.14 bits per heavy atom. The van der Waals surface area contributed by atoms with E-state index in [-0.39, 0.29) is 5.60 Å². The van der Waals surface area contributed by atoms with Gasteiger partial charge in [-0.25, -0.2) is 0 Å². The molecule has 0 saturated carbocycles. The largest absolute Gasteiger partial charge is 0.785 e. The van der Waals surface area contributed by atoms with Gasteiger partial charge in [-0.2, -0.15) is 0 Å². The van der Waals surface area contributed by atoms with Crippen molar-refractivity contribution in [2.75, 3.05) is 14.2 Å². The second-order valence-corrected chi connectivity index (χ2v) is 4.02. The van der Waals surface area contributed by atoms with Crippen molar-refractivity contribution in [3.8, 4) is 0 Å². The lowest BCUT2D eigenvalue weighted by molar-refractivity contribution is -0.113. The molecule has 86 valence electrons. The minimum Gasteiger partial charge on any atom is -0.785 e. The molecule has 0 spiro atoms. The molecule has 0 aliphatic rings. The van der Waals surface area contributed by atoms with E-state index in [0.29, 0.717) is 0 Å². The quantitative estimate of drug-likeness (QED) is 0.621. The van der Waals surface area contributed by atoms with Gasteiger partial charge in [0.2, 0.25) is 0 Å². The topological polar surface area (TPSA) is 35.5 Å². The Morgan fingerprint density at radius 2 is 1.57 bits per heavy atom. The predicted molar refractivity (Wildman–Crippen MR) is 60.1 cm³/mol. The van der Waals surface area contributed by atoms with Crippen LogP contribution in [0.4, 0.5) is 0 Å². The van der Waals surface area contributed by atoms with Gasteiger partial charge in [-0.15, -0.1) is 0 Å². The molecule has 14 heavy (non-hydrogen) atoms. The highest BCUT2D eigenvalue weighted by Gasteiger charge is 2.44. The molecule has 3 nitrogen and oxygen atoms in total. The Bertz CT molecular complexity index is 161. The number of ether oxygens (including phenoxy) is 1. The number of methoxy groups -OCH3 is 1. The molecule has 0 amide bonds. The lowest BCUT2D eigenvalue weighted by Crippen LogP contribution is -2.60. The van der Waals surface area contributed by atoms with Crippen LogP contribution in [0.2, 0.25) is 0 Å². The highest BCUT2D eigenvalue weighted by Crippen LogP contribution is 2.38. The van der Waals surface area contributed by atoms with Crippen LogP contribution in [0.3, 0.4) is 0 Å². The molecule has 0 aromatic carbocycles. The van der Waals surface area contributed by atoms with Gasteiger partial charge in [0.25, 0.3) is 0 Å². The minimum atomic E-state index is -0.406. The van der Waals surface area contributed by atoms with E-state index in [1.54, 1.807) is 14.2 Å². The van der Waals surface area contributed by atoms with E-state index < -0.39 is 5.54 Å². The van der Waals surface area contributed by atoms with Crippen LogP contribution in [0.25, 0.3) is 0 Å². The first-order valence-corrected chi connectivity index (χ1v) is 5.40. The van der Waals surface area contributed by atoms with Crippen LogP contribution in [0.5, 0.6) is 0 Å². The van der Waals surface area contributed by atoms with E-state index in [0.717, 1.165) is 24.3 Å². The molecule has 1 unspecified atom stereocenters. The number of nitrogens with zero attached hydrogens (tertiary/aromatic N) is 1. The van der Waals surface area contributed by atoms with Crippen molar-refractivity contribution in [3.63, 3.8) is 0 Å². The monoisotopic (exact) mass is 202 g/mol. The number of hydroxylamine groups is 2. The lowest BCUT2D eigenvalue weighted by Gasteiger charge is -2.55. The van der Waals surface area contributed by atoms with Crippen LogP contribution in [-0.4, -0.2) is 30.4 Å². The summed E-state index contributed by atoms with van der Waals surface area (Å²) in [6, 6.07) is 0. The molecular weight excluding hydrogens is 178 g/mol. The molecule has 0 aliphatic carbocycles. The smallest absolute Gasteiger partial charge is 0.0821 e. The highest BCUT2D eigenvalue weighted by atomic mass is 16.5. The maximum absolute atomic E-state index is 11.7. The maximum Gasteiger partial charge on any atom is 0.0821 e. The van der Waals surface area contributed by atoms with Crippen molar-refractivity contribution in [2.45, 2.75) is 58.1 Å². The van der Waals surface area contributed by atoms with E-state index in [9.17, 15) is 5.21 Å². The molecule has 0 aromatic rings. The standard InChI is InChI=1S/C11H24NO2/c1-7-10(4,14-6)11(8-2,9-3)12(5)13/h7-9H2,1-6H3/q-1. The predicted octanol–water partition coefficient (Wildman–Crippen LogP) is 2.79. The van der Waals surface area contributed by atoms with Crippen molar-refractivity contribution < 1.29 is 4.74 Å². The Morgan fingerprint density at radius 3 is 1.64 bits per heavy atom. The summed E-state index contributed by atoms with van der Waals surface area (Å²) in [5.41, 5.74) is -0.774. The molecule has 3 heteroatoms. The second-order valence-electron chi connectivity index (χ2n) is 4.02. The molecule has 0 aromatic heterocycles. The summed E-state index contributed by atoms with van der Waals surface area (Å²) in [6.07, 6.45) is 2.46. The average Bonchev–Trinajstić information content (AvgIpc) is 2.19. The zero-order valence-electron chi connectivity index (χ0n) is 10.4. The third kappa shape index (κ3) is 1.95. The van der Waals surface area contributed by atoms with Crippen LogP contribution < -0.4 is 0 Å². The first-order chi connectivity index (χ1) is 6.44. The van der Waals surface area contributed by atoms with Crippen LogP contribution in [0, 0.1) is 5.21 Å². The van der Waals surface area contributed by atoms with Gasteiger partial charge in [0, 0.05) is 12.6 Å². The van der Waals surface area contributed by atoms with Crippen molar-refractivity contribution >= 4 is 0 Å². The minimum absolute atomic E-state index is 0.368. The Balaban J connectivity index is 5.14. The van der Waals surface area contributed by atoms with Gasteiger partial charge < -0.3 is 15.0 Å². The molecule has 0 bridgehead atoms. The fourth-order valence-corrected chi connectivity index (χ4v) is 2.44. The van der Waals surface area contributed by atoms with Gasteiger partial charge in [-0.3, -0.25) is 0 Å². The van der Waals surface area contributed by atoms with Crippen molar-refractivity contribution in [1.29, 1.82) is 0 Å². The van der Waals surface area contributed by atoms with Crippen LogP contribution in [0.15, 0.2) is 0 Å². The van der Waals surface area contributed by atoms with Gasteiger partial charge in [-0.05, 0) is 33.2 Å². The number of likely N-dealkylation sites (N-methyl/N-ethyl adjacent to an activating group) is 1. The fourth-order valence-electron chi connectivity index (χ4n) is 2.44. The fraction of sp³-hybridized carbons (Fsp3) is 1.00. The van der Waals surface area contributed by atoms with Gasteiger partial charge >= 0.3 is 0 Å². The summed E-state index contributed by atoms with van der Waals surface area (Å²) in [4.78, 5) is 0. The number of hydrogen-bond acceptors (Lipinski definition) is 3. The van der Waals surface area contributed by atoms with Crippen molar-refractivity contribution in [3.05, 3.63) is 5.21 Å². The Hall–Kier alpha value is -0.120. The Labute approximate surface area is 88.0 Å². The second kappa shape index (κ2) is 5.10. The first kappa shape index (κ1) is 13.9. The van der Waals surface area contributed by atoms with Crippen molar-refractivity contribution in [2.24, 2.45) is 0 Å². The summed E-state index contributed by atoms with van der Waals surface area (Å²) in [7, 11) is 3.28. The zero-order chi connectivity index (χ0) is 11.4. The summed E-state index contributed by atoms with van der Waals surface area (Å²) < 4.78 is 5.55. The molecule has 0 N–H and O–H groups in total. The molecule has 0 heterocycles.